The number of likely N-dealkylation sites (N-methyl/N-ethyl adjacent to an activating group) is 1. The van der Waals surface area contributed by atoms with Crippen LogP contribution in [0.2, 0.25) is 0 Å². The van der Waals surface area contributed by atoms with E-state index in [1.54, 1.807) is 0 Å². The van der Waals surface area contributed by atoms with E-state index in [4.69, 9.17) is 4.99 Å². The van der Waals surface area contributed by atoms with Gasteiger partial charge in [-0.1, -0.05) is 49.4 Å². The summed E-state index contributed by atoms with van der Waals surface area (Å²) in [4.78, 5) is 17.2. The maximum absolute atomic E-state index is 12.5. The van der Waals surface area contributed by atoms with Crippen molar-refractivity contribution in [3.05, 3.63) is 60.2 Å². The second-order valence-corrected chi connectivity index (χ2v) is 4.86. The van der Waals surface area contributed by atoms with Gasteiger partial charge in [0.1, 0.15) is 6.04 Å². The van der Waals surface area contributed by atoms with Crippen LogP contribution in [0.25, 0.3) is 0 Å². The maximum Gasteiger partial charge on any atom is 0.247 e. The molecule has 0 aliphatic carbocycles. The third kappa shape index (κ3) is 2.71. The summed E-state index contributed by atoms with van der Waals surface area (Å²) >= 11 is 0. The third-order valence-electron chi connectivity index (χ3n) is 3.42. The Kier molecular flexibility index (Phi) is 3.79. The highest BCUT2D eigenvalue weighted by Gasteiger charge is 2.28. The van der Waals surface area contributed by atoms with Gasteiger partial charge in [0.2, 0.25) is 5.91 Å². The fourth-order valence-electron chi connectivity index (χ4n) is 2.43. The quantitative estimate of drug-likeness (QED) is 0.907. The molecule has 0 fully saturated rings. The van der Waals surface area contributed by atoms with E-state index in [0.717, 1.165) is 22.6 Å². The van der Waals surface area contributed by atoms with Crippen molar-refractivity contribution in [1.29, 1.82) is 0 Å². The Bertz CT molecular complexity index is 679. The standard InChI is InChI=1S/C17H17N3O/c1-2-18-16-15(12-8-4-3-5-9-12)19-13-10-6-7-11-14(13)20-17(16)21/h3-11,16,18H,2H2,1H3,(H,20,21)/t16-/m0/s1. The van der Waals surface area contributed by atoms with Gasteiger partial charge in [0.05, 0.1) is 17.1 Å². The largest absolute Gasteiger partial charge is 0.322 e. The third-order valence-corrected chi connectivity index (χ3v) is 3.42. The molecule has 1 heterocycles. The summed E-state index contributed by atoms with van der Waals surface area (Å²) in [6.45, 7) is 2.67. The lowest BCUT2D eigenvalue weighted by Gasteiger charge is -2.17. The molecular formula is C17H17N3O. The lowest BCUT2D eigenvalue weighted by molar-refractivity contribution is -0.116. The van der Waals surface area contributed by atoms with Crippen molar-refractivity contribution in [1.82, 2.24) is 5.32 Å². The van der Waals surface area contributed by atoms with Gasteiger partial charge in [-0.3, -0.25) is 4.79 Å². The van der Waals surface area contributed by atoms with Gasteiger partial charge in [-0.2, -0.15) is 0 Å². The second kappa shape index (κ2) is 5.89. The van der Waals surface area contributed by atoms with Gasteiger partial charge in [-0.25, -0.2) is 4.99 Å². The van der Waals surface area contributed by atoms with Gasteiger partial charge in [-0.15, -0.1) is 0 Å². The minimum absolute atomic E-state index is 0.0793. The van der Waals surface area contributed by atoms with Gasteiger partial charge < -0.3 is 10.6 Å². The molecule has 2 aromatic rings. The predicted molar refractivity (Wildman–Crippen MR) is 85.2 cm³/mol. The van der Waals surface area contributed by atoms with Crippen molar-refractivity contribution in [3.8, 4) is 0 Å². The maximum atomic E-state index is 12.5. The summed E-state index contributed by atoms with van der Waals surface area (Å²) in [6, 6.07) is 17.0. The number of carbonyl (C=O) groups excluding carboxylic acids is 1. The molecule has 0 radical (unpaired) electrons. The first-order valence-electron chi connectivity index (χ1n) is 7.07. The Morgan fingerprint density at radius 2 is 1.81 bits per heavy atom. The minimum atomic E-state index is -0.454. The predicted octanol–water partition coefficient (Wildman–Crippen LogP) is 2.74. The van der Waals surface area contributed by atoms with E-state index in [9.17, 15) is 4.79 Å². The molecule has 2 aromatic carbocycles. The van der Waals surface area contributed by atoms with E-state index < -0.39 is 6.04 Å². The molecule has 0 bridgehead atoms. The van der Waals surface area contributed by atoms with E-state index in [1.165, 1.54) is 0 Å². The van der Waals surface area contributed by atoms with Crippen LogP contribution in [0.1, 0.15) is 12.5 Å². The number of hydrogen-bond acceptors (Lipinski definition) is 3. The van der Waals surface area contributed by atoms with Crippen molar-refractivity contribution >= 4 is 23.0 Å². The van der Waals surface area contributed by atoms with Crippen LogP contribution in [0.5, 0.6) is 0 Å². The molecule has 4 nitrogen and oxygen atoms in total. The second-order valence-electron chi connectivity index (χ2n) is 4.86. The summed E-state index contributed by atoms with van der Waals surface area (Å²) < 4.78 is 0. The SMILES string of the molecule is CCN[C@@H]1C(=O)Nc2ccccc2N=C1c1ccccc1. The molecule has 1 atom stereocenters. The Morgan fingerprint density at radius 1 is 1.10 bits per heavy atom. The number of anilines is 1. The van der Waals surface area contributed by atoms with Crippen molar-refractivity contribution in [2.75, 3.05) is 11.9 Å². The topological polar surface area (TPSA) is 53.5 Å². The molecule has 3 rings (SSSR count). The van der Waals surface area contributed by atoms with Gasteiger partial charge in [-0.05, 0) is 24.2 Å². The molecule has 1 amide bonds. The highest BCUT2D eigenvalue weighted by atomic mass is 16.2. The molecule has 21 heavy (non-hydrogen) atoms. The van der Waals surface area contributed by atoms with E-state index >= 15 is 0 Å². The number of aliphatic imine (C=N–C) groups is 1. The number of para-hydroxylation sites is 2. The fraction of sp³-hybridized carbons (Fsp3) is 0.176. The van der Waals surface area contributed by atoms with Crippen LogP contribution < -0.4 is 10.6 Å². The molecule has 4 heteroatoms. The van der Waals surface area contributed by atoms with Crippen LogP contribution in [-0.4, -0.2) is 24.2 Å². The molecule has 0 unspecified atom stereocenters. The van der Waals surface area contributed by atoms with Crippen LogP contribution >= 0.6 is 0 Å². The van der Waals surface area contributed by atoms with E-state index in [1.807, 2.05) is 61.5 Å². The average Bonchev–Trinajstić information content (AvgIpc) is 2.66. The Hall–Kier alpha value is -2.46. The lowest BCUT2D eigenvalue weighted by atomic mass is 10.0. The zero-order valence-electron chi connectivity index (χ0n) is 11.8. The molecule has 0 saturated carbocycles. The van der Waals surface area contributed by atoms with E-state index in [2.05, 4.69) is 10.6 Å². The smallest absolute Gasteiger partial charge is 0.247 e. The minimum Gasteiger partial charge on any atom is -0.322 e. The molecule has 106 valence electrons. The number of rotatable bonds is 3. The molecular weight excluding hydrogens is 262 g/mol. The monoisotopic (exact) mass is 279 g/mol. The summed E-state index contributed by atoms with van der Waals surface area (Å²) in [5.74, 6) is -0.0793. The zero-order valence-corrected chi connectivity index (χ0v) is 11.8. The highest BCUT2D eigenvalue weighted by molar-refractivity contribution is 6.22. The van der Waals surface area contributed by atoms with E-state index in [0.29, 0.717) is 6.54 Å². The molecule has 1 aliphatic heterocycles. The molecule has 0 saturated heterocycles. The fourth-order valence-corrected chi connectivity index (χ4v) is 2.43. The Morgan fingerprint density at radius 3 is 2.57 bits per heavy atom. The zero-order chi connectivity index (χ0) is 14.7. The van der Waals surface area contributed by atoms with Crippen LogP contribution in [0.3, 0.4) is 0 Å². The van der Waals surface area contributed by atoms with Crippen LogP contribution in [0.15, 0.2) is 59.6 Å². The van der Waals surface area contributed by atoms with Gasteiger partial charge in [0.15, 0.2) is 0 Å². The van der Waals surface area contributed by atoms with Crippen LogP contribution in [0.4, 0.5) is 11.4 Å². The Labute approximate surface area is 123 Å². The first-order chi connectivity index (χ1) is 10.3. The number of fused-ring (bicyclic) bond motifs is 1. The van der Waals surface area contributed by atoms with Gasteiger partial charge >= 0.3 is 0 Å². The first-order valence-corrected chi connectivity index (χ1v) is 7.07. The highest BCUT2D eigenvalue weighted by Crippen LogP contribution is 2.28. The first kappa shape index (κ1) is 13.5. The number of nitrogens with one attached hydrogen (secondary N) is 2. The number of hydrogen-bond donors (Lipinski definition) is 2. The summed E-state index contributed by atoms with van der Waals surface area (Å²) in [5.41, 5.74) is 3.23. The van der Waals surface area contributed by atoms with Gasteiger partial charge in [0, 0.05) is 0 Å². The van der Waals surface area contributed by atoms with Gasteiger partial charge in [0.25, 0.3) is 0 Å². The summed E-state index contributed by atoms with van der Waals surface area (Å²) in [5, 5.41) is 6.16. The van der Waals surface area contributed by atoms with Crippen LogP contribution in [-0.2, 0) is 4.79 Å². The summed E-state index contributed by atoms with van der Waals surface area (Å²) in [6.07, 6.45) is 0. The van der Waals surface area contributed by atoms with Crippen molar-refractivity contribution in [2.45, 2.75) is 13.0 Å². The van der Waals surface area contributed by atoms with E-state index in [-0.39, 0.29) is 5.91 Å². The number of benzene rings is 2. The number of amides is 1. The molecule has 0 aromatic heterocycles. The van der Waals surface area contributed by atoms with Crippen molar-refractivity contribution in [2.24, 2.45) is 4.99 Å². The average molecular weight is 279 g/mol. The molecule has 1 aliphatic rings. The Balaban J connectivity index is 2.14. The molecule has 2 N–H and O–H groups in total. The molecule has 0 spiro atoms. The lowest BCUT2D eigenvalue weighted by Crippen LogP contribution is -2.46. The van der Waals surface area contributed by atoms with Crippen LogP contribution in [0, 0.1) is 0 Å². The normalized spacial score (nSPS) is 17.5. The summed E-state index contributed by atoms with van der Waals surface area (Å²) in [7, 11) is 0. The number of nitrogens with zero attached hydrogens (tertiary/aromatic N) is 1. The number of carbonyl (C=O) groups is 1. The van der Waals surface area contributed by atoms with Crippen molar-refractivity contribution in [3.63, 3.8) is 0 Å². The van der Waals surface area contributed by atoms with Crippen molar-refractivity contribution < 1.29 is 4.79 Å².